The zero-order valence-corrected chi connectivity index (χ0v) is 18.2. The molecule has 156 valence electrons. The van der Waals surface area contributed by atoms with Gasteiger partial charge in [0.1, 0.15) is 11.3 Å². The molecule has 0 aliphatic carbocycles. The maximum atomic E-state index is 6.25. The normalized spacial score (nSPS) is 11.5. The molecule has 0 atom stereocenters. The van der Waals surface area contributed by atoms with Crippen molar-refractivity contribution in [2.75, 3.05) is 0 Å². The molecule has 31 heavy (non-hydrogen) atoms. The van der Waals surface area contributed by atoms with Crippen LogP contribution in [0.3, 0.4) is 0 Å². The van der Waals surface area contributed by atoms with Crippen LogP contribution in [0.2, 0.25) is 5.02 Å². The van der Waals surface area contributed by atoms with Gasteiger partial charge in [-0.1, -0.05) is 30.7 Å². The van der Waals surface area contributed by atoms with E-state index in [4.69, 9.17) is 21.6 Å². The summed E-state index contributed by atoms with van der Waals surface area (Å²) in [7, 11) is 0. The van der Waals surface area contributed by atoms with Gasteiger partial charge >= 0.3 is 0 Å². The van der Waals surface area contributed by atoms with Crippen LogP contribution >= 0.6 is 11.6 Å². The van der Waals surface area contributed by atoms with E-state index in [9.17, 15) is 0 Å². The Morgan fingerprint density at radius 3 is 2.58 bits per heavy atom. The van der Waals surface area contributed by atoms with Gasteiger partial charge in [0.2, 0.25) is 0 Å². The topological polar surface area (TPSA) is 90.1 Å². The summed E-state index contributed by atoms with van der Waals surface area (Å²) >= 11 is 6.25. The van der Waals surface area contributed by atoms with E-state index in [0.29, 0.717) is 17.4 Å². The molecule has 1 N–H and O–H groups in total. The number of benzene rings is 1. The summed E-state index contributed by atoms with van der Waals surface area (Å²) in [5.74, 6) is 1.60. The fourth-order valence-corrected chi connectivity index (χ4v) is 4.12. The molecule has 5 rings (SSSR count). The molecule has 0 radical (unpaired) electrons. The number of hydrogen-bond donors (Lipinski definition) is 1. The molecule has 1 aromatic carbocycles. The van der Waals surface area contributed by atoms with Gasteiger partial charge in [0.05, 0.1) is 17.3 Å². The third kappa shape index (κ3) is 3.48. The van der Waals surface area contributed by atoms with Gasteiger partial charge in [-0.3, -0.25) is 0 Å². The predicted octanol–water partition coefficient (Wildman–Crippen LogP) is 4.28. The maximum absolute atomic E-state index is 6.25. The Labute approximate surface area is 183 Å². The van der Waals surface area contributed by atoms with Gasteiger partial charge < -0.3 is 9.13 Å². The molecule has 0 amide bonds. The maximum Gasteiger partial charge on any atom is 0.196 e. The zero-order chi connectivity index (χ0) is 21.5. The number of tetrazole rings is 1. The van der Waals surface area contributed by atoms with Crippen LogP contribution in [0, 0.1) is 13.8 Å². The molecule has 4 aromatic heterocycles. The Balaban J connectivity index is 1.50. The lowest BCUT2D eigenvalue weighted by molar-refractivity contribution is 0.745. The van der Waals surface area contributed by atoms with Crippen molar-refractivity contribution in [1.29, 1.82) is 0 Å². The number of fused-ring (bicyclic) bond motifs is 1. The molecule has 9 heteroatoms. The summed E-state index contributed by atoms with van der Waals surface area (Å²) in [6.45, 7) is 6.94. The first-order chi connectivity index (χ1) is 15.0. The molecule has 8 nitrogen and oxygen atoms in total. The van der Waals surface area contributed by atoms with Gasteiger partial charge in [0.15, 0.2) is 11.5 Å². The lowest BCUT2D eigenvalue weighted by atomic mass is 10.2. The summed E-state index contributed by atoms with van der Waals surface area (Å²) < 4.78 is 4.18. The fourth-order valence-electron chi connectivity index (χ4n) is 3.92. The predicted molar refractivity (Wildman–Crippen MR) is 119 cm³/mol. The quantitative estimate of drug-likeness (QED) is 0.447. The number of nitrogens with one attached hydrogen (secondary N) is 1. The Kier molecular flexibility index (Phi) is 4.78. The third-order valence-corrected chi connectivity index (χ3v) is 5.55. The van der Waals surface area contributed by atoms with Gasteiger partial charge in [0, 0.05) is 24.0 Å². The van der Waals surface area contributed by atoms with Crippen LogP contribution in [0.25, 0.3) is 28.4 Å². The molecule has 0 aliphatic rings. The second-order valence-electron chi connectivity index (χ2n) is 7.55. The smallest absolute Gasteiger partial charge is 0.196 e. The van der Waals surface area contributed by atoms with Crippen molar-refractivity contribution >= 4 is 22.8 Å². The molecular weight excluding hydrogens is 412 g/mol. The van der Waals surface area contributed by atoms with Crippen molar-refractivity contribution in [1.82, 2.24) is 39.7 Å². The molecular formula is C22H21ClN8. The number of H-pyrrole nitrogens is 1. The lowest BCUT2D eigenvalue weighted by Gasteiger charge is -2.11. The molecule has 0 unspecified atom stereocenters. The first-order valence-corrected chi connectivity index (χ1v) is 10.5. The SMILES string of the molecule is CCc1nc2c(C)cc(C)nc2n1Cc1ccc(-n2cc(Cl)cc2-c2nnn[nH]2)cc1. The number of nitrogens with zero attached hydrogens (tertiary/aromatic N) is 7. The number of halogens is 1. The number of rotatable bonds is 5. The van der Waals surface area contributed by atoms with Crippen LogP contribution in [0.5, 0.6) is 0 Å². The van der Waals surface area contributed by atoms with E-state index >= 15 is 0 Å². The highest BCUT2D eigenvalue weighted by Gasteiger charge is 2.15. The third-order valence-electron chi connectivity index (χ3n) is 5.35. The standard InChI is InChI=1S/C22H21ClN8/c1-4-19-25-20-13(2)9-14(3)24-22(20)31(19)11-15-5-7-17(8-6-15)30-12-16(23)10-18(30)21-26-28-29-27-21/h5-10,12H,4,11H2,1-3H3,(H,26,27,28,29). The average Bonchev–Trinajstić information content (AvgIpc) is 3.48. The number of imidazole rings is 1. The summed E-state index contributed by atoms with van der Waals surface area (Å²) in [6, 6.07) is 12.3. The fraction of sp³-hybridized carbons (Fsp3) is 0.227. The summed E-state index contributed by atoms with van der Waals surface area (Å²) in [6.07, 6.45) is 2.70. The van der Waals surface area contributed by atoms with E-state index in [1.807, 2.05) is 23.8 Å². The van der Waals surface area contributed by atoms with E-state index < -0.39 is 0 Å². The van der Waals surface area contributed by atoms with Crippen LogP contribution in [-0.2, 0) is 13.0 Å². The van der Waals surface area contributed by atoms with E-state index in [1.165, 1.54) is 5.56 Å². The Morgan fingerprint density at radius 1 is 1.06 bits per heavy atom. The number of pyridine rings is 1. The first-order valence-electron chi connectivity index (χ1n) is 10.1. The van der Waals surface area contributed by atoms with Crippen molar-refractivity contribution in [3.8, 4) is 17.2 Å². The van der Waals surface area contributed by atoms with Crippen LogP contribution in [0.4, 0.5) is 0 Å². The highest BCUT2D eigenvalue weighted by Crippen LogP contribution is 2.26. The second kappa shape index (κ2) is 7.63. The number of hydrogen-bond acceptors (Lipinski definition) is 5. The van der Waals surface area contributed by atoms with Crippen molar-refractivity contribution in [2.24, 2.45) is 0 Å². The van der Waals surface area contributed by atoms with E-state index in [1.54, 1.807) is 0 Å². The molecule has 0 bridgehead atoms. The molecule has 0 fully saturated rings. The average molecular weight is 433 g/mol. The summed E-state index contributed by atoms with van der Waals surface area (Å²) in [5, 5.41) is 14.7. The van der Waals surface area contributed by atoms with Gasteiger partial charge in [-0.2, -0.15) is 0 Å². The van der Waals surface area contributed by atoms with E-state index in [0.717, 1.165) is 46.0 Å². The van der Waals surface area contributed by atoms with Gasteiger partial charge in [-0.15, -0.1) is 5.10 Å². The highest BCUT2D eigenvalue weighted by molar-refractivity contribution is 6.30. The van der Waals surface area contributed by atoms with E-state index in [2.05, 4.69) is 69.4 Å². The minimum absolute atomic E-state index is 0.560. The zero-order valence-electron chi connectivity index (χ0n) is 17.5. The second-order valence-corrected chi connectivity index (χ2v) is 7.99. The highest BCUT2D eigenvalue weighted by atomic mass is 35.5. The number of aryl methyl sites for hydroxylation is 3. The minimum Gasteiger partial charge on any atom is -0.312 e. The Bertz CT molecular complexity index is 1360. The molecule has 5 aromatic rings. The lowest BCUT2D eigenvalue weighted by Crippen LogP contribution is -2.06. The van der Waals surface area contributed by atoms with Crippen LogP contribution in [0.15, 0.2) is 42.6 Å². The van der Waals surface area contributed by atoms with Crippen molar-refractivity contribution in [3.05, 3.63) is 70.3 Å². The molecule has 0 saturated heterocycles. The van der Waals surface area contributed by atoms with Crippen LogP contribution in [0.1, 0.15) is 29.6 Å². The summed E-state index contributed by atoms with van der Waals surface area (Å²) in [5.41, 5.74) is 7.01. The van der Waals surface area contributed by atoms with Crippen LogP contribution < -0.4 is 0 Å². The van der Waals surface area contributed by atoms with Crippen molar-refractivity contribution in [2.45, 2.75) is 33.7 Å². The Hall–Kier alpha value is -3.52. The number of aromatic amines is 1. The van der Waals surface area contributed by atoms with E-state index in [-0.39, 0.29) is 0 Å². The van der Waals surface area contributed by atoms with Gasteiger partial charge in [0.25, 0.3) is 0 Å². The monoisotopic (exact) mass is 432 g/mol. The molecule has 0 spiro atoms. The molecule has 0 saturated carbocycles. The van der Waals surface area contributed by atoms with Gasteiger partial charge in [-0.05, 0) is 59.7 Å². The Morgan fingerprint density at radius 2 is 1.87 bits per heavy atom. The van der Waals surface area contributed by atoms with Crippen molar-refractivity contribution < 1.29 is 0 Å². The number of aromatic nitrogens is 8. The summed E-state index contributed by atoms with van der Waals surface area (Å²) in [4.78, 5) is 9.60. The first kappa shape index (κ1) is 19.4. The van der Waals surface area contributed by atoms with Crippen molar-refractivity contribution in [3.63, 3.8) is 0 Å². The molecule has 4 heterocycles. The molecule has 0 aliphatic heterocycles. The minimum atomic E-state index is 0.560. The largest absolute Gasteiger partial charge is 0.312 e. The van der Waals surface area contributed by atoms with Crippen LogP contribution in [-0.4, -0.2) is 39.7 Å². The van der Waals surface area contributed by atoms with Gasteiger partial charge in [-0.25, -0.2) is 15.1 Å².